The third-order valence-corrected chi connectivity index (χ3v) is 6.05. The zero-order valence-electron chi connectivity index (χ0n) is 17.7. The van der Waals surface area contributed by atoms with E-state index in [4.69, 9.17) is 0 Å². The Bertz CT molecular complexity index is 1380. The molecule has 0 saturated carbocycles. The fourth-order valence-corrected chi connectivity index (χ4v) is 4.07. The van der Waals surface area contributed by atoms with Crippen molar-refractivity contribution in [1.82, 2.24) is 14.9 Å². The first kappa shape index (κ1) is 21.5. The minimum atomic E-state index is -0.464. The number of rotatable bonds is 5. The average Bonchev–Trinajstić information content (AvgIpc) is 2.80. The van der Waals surface area contributed by atoms with Crippen molar-refractivity contribution in [3.05, 3.63) is 99.8 Å². The minimum Gasteiger partial charge on any atom is -0.292 e. The van der Waals surface area contributed by atoms with Crippen molar-refractivity contribution >= 4 is 34.5 Å². The van der Waals surface area contributed by atoms with Crippen molar-refractivity contribution in [2.75, 3.05) is 5.75 Å². The van der Waals surface area contributed by atoms with Gasteiger partial charge in [0.05, 0.1) is 22.3 Å². The van der Waals surface area contributed by atoms with E-state index < -0.39 is 11.8 Å². The lowest BCUT2D eigenvalue weighted by Crippen LogP contribution is -2.32. The van der Waals surface area contributed by atoms with E-state index in [0.717, 1.165) is 22.9 Å². The van der Waals surface area contributed by atoms with Crippen molar-refractivity contribution in [2.45, 2.75) is 19.0 Å². The topological polar surface area (TPSA) is 81.1 Å². The molecule has 0 aliphatic carbocycles. The summed E-state index contributed by atoms with van der Waals surface area (Å²) in [6.45, 7) is 3.98. The lowest BCUT2D eigenvalue weighted by Gasteiger charge is -2.14. The molecule has 0 bridgehead atoms. The molecule has 0 saturated heterocycles. The molecule has 0 fully saturated rings. The van der Waals surface area contributed by atoms with E-state index in [1.807, 2.05) is 38.1 Å². The zero-order chi connectivity index (χ0) is 22.7. The van der Waals surface area contributed by atoms with Gasteiger partial charge in [0.25, 0.3) is 11.5 Å². The van der Waals surface area contributed by atoms with Crippen LogP contribution >= 0.6 is 11.8 Å². The number of para-hydroxylation sites is 1. The van der Waals surface area contributed by atoms with E-state index in [9.17, 15) is 14.4 Å². The van der Waals surface area contributed by atoms with Gasteiger partial charge in [0.1, 0.15) is 0 Å². The molecule has 0 spiro atoms. The maximum absolute atomic E-state index is 13.3. The summed E-state index contributed by atoms with van der Waals surface area (Å²) in [5.74, 6) is -0.985. The molecule has 2 amide bonds. The van der Waals surface area contributed by atoms with Crippen LogP contribution in [-0.4, -0.2) is 27.1 Å². The number of benzene rings is 3. The summed E-state index contributed by atoms with van der Waals surface area (Å²) >= 11 is 1.11. The molecule has 0 radical (unpaired) electrons. The number of nitrogens with one attached hydrogen (secondary N) is 1. The second-order valence-corrected chi connectivity index (χ2v) is 8.30. The normalized spacial score (nSPS) is 10.8. The summed E-state index contributed by atoms with van der Waals surface area (Å²) in [7, 11) is 0. The number of amides is 2. The third kappa shape index (κ3) is 4.48. The van der Waals surface area contributed by atoms with Gasteiger partial charge >= 0.3 is 0 Å². The number of hydrogen-bond donors (Lipinski definition) is 1. The number of fused-ring (bicyclic) bond motifs is 1. The maximum Gasteiger partial charge on any atom is 0.266 e. The standard InChI is InChI=1S/C25H21N3O3S/c1-16-12-13-19(14-17(16)2)28-24(31)20-10-6-7-11-21(20)26-25(28)32-15-22(29)27-23(30)18-8-4-3-5-9-18/h3-14H,15H2,1-2H3,(H,27,29,30). The van der Waals surface area contributed by atoms with Crippen LogP contribution in [0.1, 0.15) is 21.5 Å². The van der Waals surface area contributed by atoms with Gasteiger partial charge in [0, 0.05) is 5.56 Å². The number of imide groups is 1. The van der Waals surface area contributed by atoms with Crippen LogP contribution in [-0.2, 0) is 4.79 Å². The highest BCUT2D eigenvalue weighted by atomic mass is 32.2. The van der Waals surface area contributed by atoms with Crippen molar-refractivity contribution in [3.8, 4) is 5.69 Å². The van der Waals surface area contributed by atoms with Gasteiger partial charge in [-0.25, -0.2) is 4.98 Å². The summed E-state index contributed by atoms with van der Waals surface area (Å²) in [5, 5.41) is 3.27. The molecule has 6 nitrogen and oxygen atoms in total. The van der Waals surface area contributed by atoms with Gasteiger partial charge in [-0.2, -0.15) is 0 Å². The van der Waals surface area contributed by atoms with Gasteiger partial charge in [0.15, 0.2) is 5.16 Å². The highest BCUT2D eigenvalue weighted by molar-refractivity contribution is 7.99. The highest BCUT2D eigenvalue weighted by Gasteiger charge is 2.16. The summed E-state index contributed by atoms with van der Waals surface area (Å²) in [6, 6.07) is 21.4. The lowest BCUT2D eigenvalue weighted by atomic mass is 10.1. The Morgan fingerprint density at radius 2 is 1.66 bits per heavy atom. The molecule has 0 atom stereocenters. The van der Waals surface area contributed by atoms with Crippen LogP contribution in [0.15, 0.2) is 82.7 Å². The first-order valence-corrected chi connectivity index (χ1v) is 11.0. The molecular weight excluding hydrogens is 422 g/mol. The van der Waals surface area contributed by atoms with Gasteiger partial charge in [0.2, 0.25) is 5.91 Å². The highest BCUT2D eigenvalue weighted by Crippen LogP contribution is 2.22. The SMILES string of the molecule is Cc1ccc(-n2c(SCC(=O)NC(=O)c3ccccc3)nc3ccccc3c2=O)cc1C. The first-order chi connectivity index (χ1) is 15.4. The Balaban J connectivity index is 1.65. The Morgan fingerprint density at radius 3 is 2.41 bits per heavy atom. The van der Waals surface area contributed by atoms with E-state index in [1.165, 1.54) is 4.57 Å². The molecule has 32 heavy (non-hydrogen) atoms. The largest absolute Gasteiger partial charge is 0.292 e. The monoisotopic (exact) mass is 443 g/mol. The van der Waals surface area contributed by atoms with Crippen LogP contribution in [0.2, 0.25) is 0 Å². The number of thioether (sulfide) groups is 1. The third-order valence-electron chi connectivity index (χ3n) is 5.11. The van der Waals surface area contributed by atoms with E-state index in [1.54, 1.807) is 48.5 Å². The van der Waals surface area contributed by atoms with E-state index >= 15 is 0 Å². The van der Waals surface area contributed by atoms with Gasteiger partial charge in [-0.15, -0.1) is 0 Å². The second kappa shape index (κ2) is 9.20. The Morgan fingerprint density at radius 1 is 0.938 bits per heavy atom. The number of aromatic nitrogens is 2. The molecule has 1 aromatic heterocycles. The van der Waals surface area contributed by atoms with E-state index in [-0.39, 0.29) is 11.3 Å². The number of aryl methyl sites for hydroxylation is 2. The Hall–Kier alpha value is -3.71. The summed E-state index contributed by atoms with van der Waals surface area (Å²) in [5.41, 5.74) is 3.59. The van der Waals surface area contributed by atoms with E-state index in [0.29, 0.717) is 27.3 Å². The zero-order valence-corrected chi connectivity index (χ0v) is 18.5. The fourth-order valence-electron chi connectivity index (χ4n) is 3.26. The number of carbonyl (C=O) groups excluding carboxylic acids is 2. The molecule has 0 aliphatic rings. The smallest absolute Gasteiger partial charge is 0.266 e. The Labute approximate surface area is 189 Å². The molecular formula is C25H21N3O3S. The number of carbonyl (C=O) groups is 2. The Kier molecular flexibility index (Phi) is 6.18. The lowest BCUT2D eigenvalue weighted by molar-refractivity contribution is -0.117. The van der Waals surface area contributed by atoms with Gasteiger partial charge in [-0.1, -0.05) is 48.2 Å². The second-order valence-electron chi connectivity index (χ2n) is 7.35. The molecule has 0 unspecified atom stereocenters. The average molecular weight is 444 g/mol. The molecule has 0 aliphatic heterocycles. The van der Waals surface area contributed by atoms with Crippen LogP contribution in [0.25, 0.3) is 16.6 Å². The number of nitrogens with zero attached hydrogens (tertiary/aromatic N) is 2. The quantitative estimate of drug-likeness (QED) is 0.372. The van der Waals surface area contributed by atoms with Crippen LogP contribution in [0.5, 0.6) is 0 Å². The van der Waals surface area contributed by atoms with Crippen LogP contribution < -0.4 is 10.9 Å². The van der Waals surface area contributed by atoms with Crippen molar-refractivity contribution in [3.63, 3.8) is 0 Å². The summed E-state index contributed by atoms with van der Waals surface area (Å²) in [6.07, 6.45) is 0. The van der Waals surface area contributed by atoms with Crippen molar-refractivity contribution in [2.24, 2.45) is 0 Å². The predicted molar refractivity (Wildman–Crippen MR) is 126 cm³/mol. The first-order valence-electron chi connectivity index (χ1n) is 10.1. The van der Waals surface area contributed by atoms with Gasteiger partial charge in [-0.05, 0) is 61.4 Å². The summed E-state index contributed by atoms with van der Waals surface area (Å²) in [4.78, 5) is 42.6. The molecule has 1 heterocycles. The van der Waals surface area contributed by atoms with E-state index in [2.05, 4.69) is 10.3 Å². The number of hydrogen-bond acceptors (Lipinski definition) is 5. The van der Waals surface area contributed by atoms with Crippen LogP contribution in [0, 0.1) is 13.8 Å². The maximum atomic E-state index is 13.3. The molecule has 7 heteroatoms. The minimum absolute atomic E-state index is 0.0613. The summed E-state index contributed by atoms with van der Waals surface area (Å²) < 4.78 is 1.52. The molecule has 4 aromatic rings. The fraction of sp³-hybridized carbons (Fsp3) is 0.120. The van der Waals surface area contributed by atoms with Crippen LogP contribution in [0.4, 0.5) is 0 Å². The van der Waals surface area contributed by atoms with Crippen LogP contribution in [0.3, 0.4) is 0 Å². The predicted octanol–water partition coefficient (Wildman–Crippen LogP) is 4.05. The van der Waals surface area contributed by atoms with Crippen molar-refractivity contribution < 1.29 is 9.59 Å². The van der Waals surface area contributed by atoms with Gasteiger partial charge in [-0.3, -0.25) is 24.3 Å². The molecule has 3 aromatic carbocycles. The molecule has 160 valence electrons. The molecule has 1 N–H and O–H groups in total. The molecule has 4 rings (SSSR count). The van der Waals surface area contributed by atoms with Crippen molar-refractivity contribution in [1.29, 1.82) is 0 Å². The van der Waals surface area contributed by atoms with Gasteiger partial charge < -0.3 is 0 Å².